The quantitative estimate of drug-likeness (QED) is 0.195. The lowest BCUT2D eigenvalue weighted by Gasteiger charge is -2.01. The highest BCUT2D eigenvalue weighted by Gasteiger charge is 2.08. The first kappa shape index (κ1) is 25.1. The highest BCUT2D eigenvalue weighted by molar-refractivity contribution is 7.15. The average Bonchev–Trinajstić information content (AvgIpc) is 3.49. The summed E-state index contributed by atoms with van der Waals surface area (Å²) in [5, 5.41) is 11.1. The monoisotopic (exact) mass is 468 g/mol. The minimum atomic E-state index is 1.05. The van der Waals surface area contributed by atoms with Crippen LogP contribution in [0.2, 0.25) is 0 Å². The summed E-state index contributed by atoms with van der Waals surface area (Å²) in [7, 11) is 0. The summed E-state index contributed by atoms with van der Waals surface area (Å²) in [6, 6.07) is 13.5. The summed E-state index contributed by atoms with van der Waals surface area (Å²) in [6.45, 7) is 4.55. The molecule has 32 heavy (non-hydrogen) atoms. The second-order valence-corrected chi connectivity index (χ2v) is 11.1. The van der Waals surface area contributed by atoms with Crippen molar-refractivity contribution in [2.75, 3.05) is 0 Å². The standard InChI is InChI=1S/C28H40N2S2/c1-3-5-7-9-11-13-15-25-21-22-26(31-25)23-17-19-24(20-18-23)28-30-29-27(32-28)16-14-12-10-8-6-4-2/h17-22H,3-16H2,1-2H3. The Bertz CT molecular complexity index is 806. The Balaban J connectivity index is 1.45. The molecule has 0 fully saturated rings. The van der Waals surface area contributed by atoms with E-state index in [1.54, 1.807) is 11.3 Å². The van der Waals surface area contributed by atoms with Crippen molar-refractivity contribution in [1.29, 1.82) is 0 Å². The fourth-order valence-corrected chi connectivity index (χ4v) is 5.99. The third kappa shape index (κ3) is 8.44. The Labute approximate surface area is 203 Å². The second kappa shape index (κ2) is 14.6. The SMILES string of the molecule is CCCCCCCCc1ccc(-c2ccc(-c3nnc(CCCCCCCC)s3)cc2)s1. The molecule has 0 amide bonds. The van der Waals surface area contributed by atoms with E-state index in [1.165, 1.54) is 109 Å². The molecule has 2 nitrogen and oxygen atoms in total. The number of benzene rings is 1. The van der Waals surface area contributed by atoms with Crippen molar-refractivity contribution >= 4 is 22.7 Å². The van der Waals surface area contributed by atoms with Crippen LogP contribution >= 0.6 is 22.7 Å². The van der Waals surface area contributed by atoms with Crippen molar-refractivity contribution in [3.8, 4) is 21.0 Å². The molecule has 0 atom stereocenters. The van der Waals surface area contributed by atoms with E-state index in [2.05, 4.69) is 60.4 Å². The van der Waals surface area contributed by atoms with Gasteiger partial charge in [-0.05, 0) is 37.0 Å². The molecule has 0 spiro atoms. The predicted octanol–water partition coefficient (Wildman–Crippen LogP) is 9.74. The lowest BCUT2D eigenvalue weighted by Crippen LogP contribution is -1.85. The van der Waals surface area contributed by atoms with Crippen LogP contribution in [0.4, 0.5) is 0 Å². The average molecular weight is 469 g/mol. The van der Waals surface area contributed by atoms with Crippen molar-refractivity contribution < 1.29 is 0 Å². The number of hydrogen-bond donors (Lipinski definition) is 0. The maximum Gasteiger partial charge on any atom is 0.147 e. The van der Waals surface area contributed by atoms with E-state index in [9.17, 15) is 0 Å². The molecule has 0 N–H and O–H groups in total. The van der Waals surface area contributed by atoms with Crippen LogP contribution in [0.15, 0.2) is 36.4 Å². The maximum atomic E-state index is 4.45. The minimum absolute atomic E-state index is 1.05. The van der Waals surface area contributed by atoms with Gasteiger partial charge in [-0.15, -0.1) is 21.5 Å². The molecule has 1 aromatic carbocycles. The van der Waals surface area contributed by atoms with Crippen LogP contribution in [0.25, 0.3) is 21.0 Å². The molecule has 0 aliphatic heterocycles. The number of aryl methyl sites for hydroxylation is 2. The van der Waals surface area contributed by atoms with Crippen molar-refractivity contribution in [3.63, 3.8) is 0 Å². The molecule has 0 radical (unpaired) electrons. The van der Waals surface area contributed by atoms with E-state index < -0.39 is 0 Å². The van der Waals surface area contributed by atoms with E-state index in [-0.39, 0.29) is 0 Å². The van der Waals surface area contributed by atoms with E-state index in [0.717, 1.165) is 11.4 Å². The molecule has 0 bridgehead atoms. The molecule has 0 aliphatic rings. The van der Waals surface area contributed by atoms with Crippen molar-refractivity contribution in [2.45, 2.75) is 104 Å². The molecule has 3 rings (SSSR count). The largest absolute Gasteiger partial charge is 0.147 e. The highest BCUT2D eigenvalue weighted by atomic mass is 32.1. The molecule has 0 unspecified atom stereocenters. The zero-order valence-corrected chi connectivity index (χ0v) is 21.7. The van der Waals surface area contributed by atoms with Gasteiger partial charge in [0.25, 0.3) is 0 Å². The molecule has 2 heterocycles. The van der Waals surface area contributed by atoms with E-state index >= 15 is 0 Å². The summed E-state index contributed by atoms with van der Waals surface area (Å²) in [5.74, 6) is 0. The van der Waals surface area contributed by atoms with Crippen LogP contribution < -0.4 is 0 Å². The van der Waals surface area contributed by atoms with Crippen LogP contribution in [-0.4, -0.2) is 10.2 Å². The van der Waals surface area contributed by atoms with Crippen molar-refractivity contribution in [3.05, 3.63) is 46.3 Å². The van der Waals surface area contributed by atoms with Gasteiger partial charge in [0.15, 0.2) is 0 Å². The molecule has 174 valence electrons. The van der Waals surface area contributed by atoms with Gasteiger partial charge in [0, 0.05) is 21.7 Å². The van der Waals surface area contributed by atoms with E-state index in [0.29, 0.717) is 0 Å². The normalized spacial score (nSPS) is 11.3. The van der Waals surface area contributed by atoms with E-state index in [4.69, 9.17) is 0 Å². The number of nitrogens with zero attached hydrogens (tertiary/aromatic N) is 2. The van der Waals surface area contributed by atoms with Gasteiger partial charge >= 0.3 is 0 Å². The van der Waals surface area contributed by atoms with Gasteiger partial charge in [-0.3, -0.25) is 0 Å². The Morgan fingerprint density at radius 1 is 0.562 bits per heavy atom. The molecule has 4 heteroatoms. The Hall–Kier alpha value is -1.52. The zero-order chi connectivity index (χ0) is 22.4. The highest BCUT2D eigenvalue weighted by Crippen LogP contribution is 2.32. The topological polar surface area (TPSA) is 25.8 Å². The molecule has 0 saturated carbocycles. The summed E-state index contributed by atoms with van der Waals surface area (Å²) in [6.07, 6.45) is 18.4. The first-order valence-corrected chi connectivity index (χ1v) is 14.5. The van der Waals surface area contributed by atoms with Crippen molar-refractivity contribution in [1.82, 2.24) is 10.2 Å². The van der Waals surface area contributed by atoms with Gasteiger partial charge < -0.3 is 0 Å². The summed E-state index contributed by atoms with van der Waals surface area (Å²) < 4.78 is 0. The predicted molar refractivity (Wildman–Crippen MR) is 143 cm³/mol. The Morgan fingerprint density at radius 3 is 1.84 bits per heavy atom. The summed E-state index contributed by atoms with van der Waals surface area (Å²) in [5.41, 5.74) is 2.49. The molecule has 0 saturated heterocycles. The first-order valence-electron chi connectivity index (χ1n) is 12.8. The van der Waals surface area contributed by atoms with Crippen LogP contribution in [0, 0.1) is 0 Å². The number of rotatable bonds is 16. The van der Waals surface area contributed by atoms with Gasteiger partial charge in [-0.25, -0.2) is 0 Å². The Kier molecular flexibility index (Phi) is 11.5. The van der Waals surface area contributed by atoms with Gasteiger partial charge in [-0.2, -0.15) is 0 Å². The van der Waals surface area contributed by atoms with Crippen molar-refractivity contribution in [2.24, 2.45) is 0 Å². The van der Waals surface area contributed by atoms with Crippen LogP contribution in [0.1, 0.15) is 101 Å². The van der Waals surface area contributed by atoms with Gasteiger partial charge in [-0.1, -0.05) is 114 Å². The maximum absolute atomic E-state index is 4.45. The number of thiophene rings is 1. The number of unbranched alkanes of at least 4 members (excludes halogenated alkanes) is 10. The summed E-state index contributed by atoms with van der Waals surface area (Å²) in [4.78, 5) is 2.89. The molecular formula is C28H40N2S2. The van der Waals surface area contributed by atoms with Gasteiger partial charge in [0.1, 0.15) is 10.0 Å². The number of aromatic nitrogens is 2. The fraction of sp³-hybridized carbons (Fsp3) is 0.571. The minimum Gasteiger partial charge on any atom is -0.143 e. The number of hydrogen-bond acceptors (Lipinski definition) is 4. The van der Waals surface area contributed by atoms with Gasteiger partial charge in [0.05, 0.1) is 0 Å². The molecular weight excluding hydrogens is 428 g/mol. The lowest BCUT2D eigenvalue weighted by molar-refractivity contribution is 0.606. The van der Waals surface area contributed by atoms with Crippen LogP contribution in [0.5, 0.6) is 0 Å². The fourth-order valence-electron chi connectivity index (χ4n) is 4.05. The van der Waals surface area contributed by atoms with Crippen LogP contribution in [-0.2, 0) is 12.8 Å². The van der Waals surface area contributed by atoms with E-state index in [1.807, 2.05) is 11.3 Å². The van der Waals surface area contributed by atoms with Gasteiger partial charge in [0.2, 0.25) is 0 Å². The third-order valence-corrected chi connectivity index (χ3v) is 8.29. The smallest absolute Gasteiger partial charge is 0.143 e. The molecule has 2 aromatic heterocycles. The molecule has 3 aromatic rings. The molecule has 0 aliphatic carbocycles. The lowest BCUT2D eigenvalue weighted by atomic mass is 10.1. The third-order valence-electron chi connectivity index (χ3n) is 6.07. The Morgan fingerprint density at radius 2 is 1.16 bits per heavy atom. The first-order chi connectivity index (χ1) is 15.8. The zero-order valence-electron chi connectivity index (χ0n) is 20.1. The van der Waals surface area contributed by atoms with Crippen LogP contribution in [0.3, 0.4) is 0 Å². The second-order valence-electron chi connectivity index (χ2n) is 8.88. The summed E-state index contributed by atoms with van der Waals surface area (Å²) >= 11 is 3.71.